The normalized spacial score (nSPS) is 10.8. The van der Waals surface area contributed by atoms with Crippen LogP contribution in [0.1, 0.15) is 9.75 Å². The number of aryl methyl sites for hydroxylation is 1. The molecular formula is C14H12BrClN2O2S. The van der Waals surface area contributed by atoms with Gasteiger partial charge in [-0.1, -0.05) is 11.6 Å². The predicted molar refractivity (Wildman–Crippen MR) is 89.4 cm³/mol. The van der Waals surface area contributed by atoms with Gasteiger partial charge in [0.1, 0.15) is 5.75 Å². The van der Waals surface area contributed by atoms with Crippen molar-refractivity contribution in [3.8, 4) is 5.75 Å². The van der Waals surface area contributed by atoms with Gasteiger partial charge >= 0.3 is 0 Å². The number of nitrogens with one attached hydrogen (secondary N) is 1. The molecular weight excluding hydrogens is 376 g/mol. The molecule has 7 heteroatoms. The Labute approximate surface area is 139 Å². The zero-order valence-corrected chi connectivity index (χ0v) is 14.3. The van der Waals surface area contributed by atoms with E-state index in [0.717, 1.165) is 4.88 Å². The van der Waals surface area contributed by atoms with E-state index in [9.17, 15) is 4.79 Å². The molecule has 0 atom stereocenters. The summed E-state index contributed by atoms with van der Waals surface area (Å²) in [6.07, 6.45) is 1.60. The summed E-state index contributed by atoms with van der Waals surface area (Å²) in [5, 5.41) is 4.47. The molecule has 0 aliphatic rings. The van der Waals surface area contributed by atoms with E-state index in [1.807, 2.05) is 19.1 Å². The quantitative estimate of drug-likeness (QED) is 0.623. The van der Waals surface area contributed by atoms with Gasteiger partial charge in [-0.15, -0.1) is 11.3 Å². The second-order valence-corrected chi connectivity index (χ2v) is 6.72. The number of halogens is 2. The van der Waals surface area contributed by atoms with Gasteiger partial charge in [0.05, 0.1) is 10.7 Å². The summed E-state index contributed by atoms with van der Waals surface area (Å²) in [6, 6.07) is 9.02. The molecule has 0 saturated heterocycles. The lowest BCUT2D eigenvalue weighted by Gasteiger charge is -2.07. The molecule has 0 spiro atoms. The highest BCUT2D eigenvalue weighted by Gasteiger charge is 2.05. The summed E-state index contributed by atoms with van der Waals surface area (Å²) in [7, 11) is 0. The van der Waals surface area contributed by atoms with Crippen LogP contribution in [0.15, 0.2) is 39.9 Å². The molecule has 0 radical (unpaired) electrons. The lowest BCUT2D eigenvalue weighted by Crippen LogP contribution is -2.24. The Balaban J connectivity index is 1.81. The Kier molecular flexibility index (Phi) is 5.78. The third-order valence-electron chi connectivity index (χ3n) is 2.39. The number of amides is 1. The Morgan fingerprint density at radius 1 is 1.48 bits per heavy atom. The summed E-state index contributed by atoms with van der Waals surface area (Å²) in [5.74, 6) is 0.216. The molecule has 0 bridgehead atoms. The molecule has 2 rings (SSSR count). The van der Waals surface area contributed by atoms with Crippen molar-refractivity contribution in [1.29, 1.82) is 0 Å². The fourth-order valence-corrected chi connectivity index (χ4v) is 3.01. The van der Waals surface area contributed by atoms with Crippen LogP contribution >= 0.6 is 38.9 Å². The second-order valence-electron chi connectivity index (χ2n) is 4.11. The lowest BCUT2D eigenvalue weighted by molar-refractivity contribution is -0.123. The lowest BCUT2D eigenvalue weighted by atomic mass is 10.3. The first kappa shape index (κ1) is 16.0. The van der Waals surface area contributed by atoms with Crippen molar-refractivity contribution in [2.45, 2.75) is 6.92 Å². The summed E-state index contributed by atoms with van der Waals surface area (Å²) in [4.78, 5) is 13.8. The Bertz CT molecular complexity index is 673. The van der Waals surface area contributed by atoms with Crippen molar-refractivity contribution >= 4 is 51.0 Å². The van der Waals surface area contributed by atoms with E-state index >= 15 is 0 Å². The number of nitrogens with zero attached hydrogens (tertiary/aromatic N) is 1. The maximum atomic E-state index is 11.6. The van der Waals surface area contributed by atoms with Crippen molar-refractivity contribution in [3.05, 3.63) is 49.6 Å². The smallest absolute Gasteiger partial charge is 0.277 e. The molecule has 1 aromatic carbocycles. The summed E-state index contributed by atoms with van der Waals surface area (Å²) in [5.41, 5.74) is 2.41. The van der Waals surface area contributed by atoms with E-state index in [1.165, 1.54) is 4.88 Å². The van der Waals surface area contributed by atoms with Gasteiger partial charge in [0.15, 0.2) is 6.61 Å². The first-order valence-electron chi connectivity index (χ1n) is 6.01. The SMILES string of the molecule is Cc1ccc(/C=N/NC(=O)COc2ccc(Cl)cc2Br)s1. The maximum absolute atomic E-state index is 11.6. The number of hydrogen-bond acceptors (Lipinski definition) is 4. The number of hydrogen-bond donors (Lipinski definition) is 1. The van der Waals surface area contributed by atoms with Crippen LogP contribution in [-0.4, -0.2) is 18.7 Å². The van der Waals surface area contributed by atoms with Gasteiger partial charge in [-0.3, -0.25) is 4.79 Å². The highest BCUT2D eigenvalue weighted by molar-refractivity contribution is 9.10. The average molecular weight is 388 g/mol. The Hall–Kier alpha value is -1.37. The third-order valence-corrected chi connectivity index (χ3v) is 4.18. The average Bonchev–Trinajstić information content (AvgIpc) is 2.83. The molecule has 4 nitrogen and oxygen atoms in total. The van der Waals surface area contributed by atoms with Gasteiger partial charge in [-0.25, -0.2) is 5.43 Å². The molecule has 1 heterocycles. The number of hydrazone groups is 1. The molecule has 21 heavy (non-hydrogen) atoms. The number of carbonyl (C=O) groups excluding carboxylic acids is 1. The van der Waals surface area contributed by atoms with Crippen LogP contribution < -0.4 is 10.2 Å². The standard InChI is InChI=1S/C14H12BrClN2O2S/c1-9-2-4-11(21-9)7-17-18-14(19)8-20-13-5-3-10(16)6-12(13)15/h2-7H,8H2,1H3,(H,18,19)/b17-7+. The van der Waals surface area contributed by atoms with E-state index in [1.54, 1.807) is 35.8 Å². The van der Waals surface area contributed by atoms with Crippen LogP contribution in [0.2, 0.25) is 5.02 Å². The second kappa shape index (κ2) is 7.59. The van der Waals surface area contributed by atoms with Crippen molar-refractivity contribution in [2.75, 3.05) is 6.61 Å². The molecule has 110 valence electrons. The molecule has 2 aromatic rings. The molecule has 1 aromatic heterocycles. The van der Waals surface area contributed by atoms with Crippen LogP contribution in [0.5, 0.6) is 5.75 Å². The van der Waals surface area contributed by atoms with Crippen molar-refractivity contribution in [2.24, 2.45) is 5.10 Å². The molecule has 0 unspecified atom stereocenters. The number of benzene rings is 1. The molecule has 0 saturated carbocycles. The van der Waals surface area contributed by atoms with Crippen LogP contribution in [0, 0.1) is 6.92 Å². The molecule has 0 aliphatic heterocycles. The van der Waals surface area contributed by atoms with E-state index in [4.69, 9.17) is 16.3 Å². The minimum atomic E-state index is -0.332. The minimum Gasteiger partial charge on any atom is -0.483 e. The highest BCUT2D eigenvalue weighted by atomic mass is 79.9. The monoisotopic (exact) mass is 386 g/mol. The van der Waals surface area contributed by atoms with E-state index in [0.29, 0.717) is 15.2 Å². The fourth-order valence-electron chi connectivity index (χ4n) is 1.46. The van der Waals surface area contributed by atoms with Gasteiger partial charge in [-0.2, -0.15) is 5.10 Å². The van der Waals surface area contributed by atoms with Gasteiger partial charge in [0.25, 0.3) is 5.91 Å². The fraction of sp³-hybridized carbons (Fsp3) is 0.143. The first-order chi connectivity index (χ1) is 10.0. The van der Waals surface area contributed by atoms with Crippen molar-refractivity contribution < 1.29 is 9.53 Å². The van der Waals surface area contributed by atoms with E-state index in [2.05, 4.69) is 26.5 Å². The first-order valence-corrected chi connectivity index (χ1v) is 7.99. The highest BCUT2D eigenvalue weighted by Crippen LogP contribution is 2.27. The zero-order valence-electron chi connectivity index (χ0n) is 11.1. The van der Waals surface area contributed by atoms with Gasteiger partial charge in [0.2, 0.25) is 0 Å². The van der Waals surface area contributed by atoms with Gasteiger partial charge in [-0.05, 0) is 53.2 Å². The van der Waals surface area contributed by atoms with Gasteiger partial charge < -0.3 is 4.74 Å². The van der Waals surface area contributed by atoms with Crippen LogP contribution in [0.4, 0.5) is 0 Å². The third kappa shape index (κ3) is 5.15. The maximum Gasteiger partial charge on any atom is 0.277 e. The predicted octanol–water partition coefficient (Wildman–Crippen LogP) is 4.00. The molecule has 1 N–H and O–H groups in total. The number of rotatable bonds is 5. The number of ether oxygens (including phenoxy) is 1. The van der Waals surface area contributed by atoms with Crippen LogP contribution in [0.25, 0.3) is 0 Å². The topological polar surface area (TPSA) is 50.7 Å². The Morgan fingerprint density at radius 3 is 2.95 bits per heavy atom. The van der Waals surface area contributed by atoms with Crippen LogP contribution in [0.3, 0.4) is 0 Å². The van der Waals surface area contributed by atoms with E-state index < -0.39 is 0 Å². The number of thiophene rings is 1. The van der Waals surface area contributed by atoms with E-state index in [-0.39, 0.29) is 12.5 Å². The van der Waals surface area contributed by atoms with Crippen LogP contribution in [-0.2, 0) is 4.79 Å². The summed E-state index contributed by atoms with van der Waals surface area (Å²) >= 11 is 10.7. The molecule has 1 amide bonds. The largest absolute Gasteiger partial charge is 0.483 e. The summed E-state index contributed by atoms with van der Waals surface area (Å²) in [6.45, 7) is 1.89. The minimum absolute atomic E-state index is 0.124. The number of carbonyl (C=O) groups is 1. The molecule has 0 fully saturated rings. The zero-order chi connectivity index (χ0) is 15.2. The molecule has 0 aliphatic carbocycles. The summed E-state index contributed by atoms with van der Waals surface area (Å²) < 4.78 is 6.07. The van der Waals surface area contributed by atoms with Gasteiger partial charge in [0, 0.05) is 14.8 Å². The van der Waals surface area contributed by atoms with Crippen molar-refractivity contribution in [3.63, 3.8) is 0 Å². The van der Waals surface area contributed by atoms with Crippen molar-refractivity contribution in [1.82, 2.24) is 5.43 Å². The Morgan fingerprint density at radius 2 is 2.29 bits per heavy atom.